The van der Waals surface area contributed by atoms with Gasteiger partial charge in [-0.15, -0.1) is 0 Å². The lowest BCUT2D eigenvalue weighted by Crippen LogP contribution is -2.34. The lowest BCUT2D eigenvalue weighted by Gasteiger charge is -2.23. The monoisotopic (exact) mass is 392 g/mol. The summed E-state index contributed by atoms with van der Waals surface area (Å²) in [7, 11) is 0. The molecule has 0 aliphatic heterocycles. The lowest BCUT2D eigenvalue weighted by molar-refractivity contribution is -0.118. The summed E-state index contributed by atoms with van der Waals surface area (Å²) in [5, 5.41) is 4.76. The van der Waals surface area contributed by atoms with E-state index in [2.05, 4.69) is 36.6 Å². The molecule has 0 bridgehead atoms. The van der Waals surface area contributed by atoms with Crippen LogP contribution < -0.4 is 4.90 Å². The Morgan fingerprint density at radius 3 is 2.85 bits per heavy atom. The summed E-state index contributed by atoms with van der Waals surface area (Å²) in [4.78, 5) is 18.9. The van der Waals surface area contributed by atoms with Crippen LogP contribution in [0.4, 0.5) is 5.69 Å². The summed E-state index contributed by atoms with van der Waals surface area (Å²) in [6.45, 7) is 4.98. The molecule has 1 unspecified atom stereocenters. The maximum atomic E-state index is 13.0. The van der Waals surface area contributed by atoms with Gasteiger partial charge in [0.15, 0.2) is 5.15 Å². The Hall–Kier alpha value is -1.53. The number of aromatic nitrogens is 3. The van der Waals surface area contributed by atoms with Crippen molar-refractivity contribution in [2.75, 3.05) is 11.4 Å². The summed E-state index contributed by atoms with van der Waals surface area (Å²) >= 11 is 11.0. The van der Waals surface area contributed by atoms with E-state index in [1.54, 1.807) is 22.0 Å². The van der Waals surface area contributed by atoms with Crippen molar-refractivity contribution in [2.24, 2.45) is 11.8 Å². The number of amides is 1. The van der Waals surface area contributed by atoms with Crippen molar-refractivity contribution in [2.45, 2.75) is 44.8 Å². The van der Waals surface area contributed by atoms with Crippen LogP contribution in [0.2, 0.25) is 5.15 Å². The van der Waals surface area contributed by atoms with Crippen LogP contribution in [0.15, 0.2) is 30.7 Å². The maximum Gasteiger partial charge on any atom is 0.228 e. The van der Waals surface area contributed by atoms with E-state index < -0.39 is 0 Å². The van der Waals surface area contributed by atoms with E-state index in [4.69, 9.17) is 11.6 Å². The summed E-state index contributed by atoms with van der Waals surface area (Å²) in [6, 6.07) is 3.74. The molecule has 2 aromatic heterocycles. The largest absolute Gasteiger partial charge is 0.308 e. The van der Waals surface area contributed by atoms with Crippen molar-refractivity contribution >= 4 is 35.8 Å². The van der Waals surface area contributed by atoms with Gasteiger partial charge in [-0.1, -0.05) is 25.4 Å². The predicted octanol–water partition coefficient (Wildman–Crippen LogP) is 4.40. The maximum absolute atomic E-state index is 13.0. The van der Waals surface area contributed by atoms with Gasteiger partial charge in [0.05, 0.1) is 18.1 Å². The second-order valence-electron chi connectivity index (χ2n) is 7.40. The van der Waals surface area contributed by atoms with Crippen molar-refractivity contribution in [3.63, 3.8) is 0 Å². The van der Waals surface area contributed by atoms with Crippen LogP contribution in [0.3, 0.4) is 0 Å². The summed E-state index contributed by atoms with van der Waals surface area (Å²) in [5.74, 6) is 1.13. The third-order valence-electron chi connectivity index (χ3n) is 4.45. The van der Waals surface area contributed by atoms with Gasteiger partial charge in [-0.25, -0.2) is 4.68 Å². The summed E-state index contributed by atoms with van der Waals surface area (Å²) < 4.78 is 1.67. The van der Waals surface area contributed by atoms with Gasteiger partial charge in [0.2, 0.25) is 5.91 Å². The average molecular weight is 393 g/mol. The molecule has 0 N–H and O–H groups in total. The lowest BCUT2D eigenvalue weighted by atomic mass is 10.1. The van der Waals surface area contributed by atoms with Crippen LogP contribution in [0.1, 0.15) is 39.5 Å². The molecule has 3 rings (SSSR count). The number of carbonyl (C=O) groups is 1. The van der Waals surface area contributed by atoms with Crippen LogP contribution in [-0.2, 0) is 4.79 Å². The number of hydrogen-bond donors (Lipinski definition) is 1. The number of pyridine rings is 1. The van der Waals surface area contributed by atoms with Crippen molar-refractivity contribution in [1.29, 1.82) is 0 Å². The second kappa shape index (κ2) is 8.44. The quantitative estimate of drug-likeness (QED) is 0.677. The molecule has 0 saturated heterocycles. The Morgan fingerprint density at radius 1 is 1.46 bits per heavy atom. The van der Waals surface area contributed by atoms with Crippen LogP contribution in [0.5, 0.6) is 0 Å². The van der Waals surface area contributed by atoms with E-state index in [1.807, 2.05) is 18.3 Å². The van der Waals surface area contributed by atoms with Crippen molar-refractivity contribution in [1.82, 2.24) is 14.8 Å². The number of hydrogen-bond acceptors (Lipinski definition) is 4. The molecule has 0 aromatic carbocycles. The molecule has 1 atom stereocenters. The standard InChI is InChI=1S/C19H25ClN4OS/c1-13(2)8-16(26)9-18(25)23(11-14-5-6-14)17-12-24(22-19(17)20)15-4-3-7-21-10-15/h3-4,7,10,12-14,16,26H,5-6,8-9,11H2,1-2H3. The zero-order chi connectivity index (χ0) is 18.7. The average Bonchev–Trinajstić information content (AvgIpc) is 3.33. The van der Waals surface area contributed by atoms with Gasteiger partial charge < -0.3 is 4.90 Å². The predicted molar refractivity (Wildman–Crippen MR) is 108 cm³/mol. The highest BCUT2D eigenvalue weighted by Gasteiger charge is 2.30. The molecule has 26 heavy (non-hydrogen) atoms. The highest BCUT2D eigenvalue weighted by Crippen LogP contribution is 2.34. The molecule has 1 saturated carbocycles. The first kappa shape index (κ1) is 19.2. The van der Waals surface area contributed by atoms with E-state index >= 15 is 0 Å². The first-order valence-corrected chi connectivity index (χ1v) is 9.97. The Bertz CT molecular complexity index is 745. The van der Waals surface area contributed by atoms with E-state index in [-0.39, 0.29) is 11.2 Å². The van der Waals surface area contributed by atoms with Gasteiger partial charge >= 0.3 is 0 Å². The smallest absolute Gasteiger partial charge is 0.228 e. The van der Waals surface area contributed by atoms with E-state index in [1.165, 1.54) is 0 Å². The molecule has 1 aliphatic rings. The Morgan fingerprint density at radius 2 is 2.23 bits per heavy atom. The molecule has 2 aromatic rings. The van der Waals surface area contributed by atoms with Crippen LogP contribution >= 0.6 is 24.2 Å². The van der Waals surface area contributed by atoms with E-state index in [0.717, 1.165) is 24.9 Å². The number of nitrogens with zero attached hydrogens (tertiary/aromatic N) is 4. The van der Waals surface area contributed by atoms with Gasteiger partial charge in [0.1, 0.15) is 5.69 Å². The van der Waals surface area contributed by atoms with Crippen LogP contribution in [0, 0.1) is 11.8 Å². The van der Waals surface area contributed by atoms with Crippen molar-refractivity contribution < 1.29 is 4.79 Å². The normalized spacial score (nSPS) is 15.3. The third kappa shape index (κ3) is 5.01. The zero-order valence-corrected chi connectivity index (χ0v) is 16.8. The number of halogens is 1. The fourth-order valence-corrected chi connectivity index (χ4v) is 3.79. The van der Waals surface area contributed by atoms with E-state index in [0.29, 0.717) is 35.6 Å². The minimum atomic E-state index is 0.0522. The summed E-state index contributed by atoms with van der Waals surface area (Å²) in [5.41, 5.74) is 1.48. The molecule has 1 fully saturated rings. The van der Waals surface area contributed by atoms with Crippen molar-refractivity contribution in [3.8, 4) is 5.69 Å². The van der Waals surface area contributed by atoms with Gasteiger partial charge in [-0.2, -0.15) is 17.7 Å². The highest BCUT2D eigenvalue weighted by atomic mass is 35.5. The third-order valence-corrected chi connectivity index (χ3v) is 5.11. The minimum Gasteiger partial charge on any atom is -0.308 e. The van der Waals surface area contributed by atoms with E-state index in [9.17, 15) is 4.79 Å². The molecule has 1 aliphatic carbocycles. The molecule has 1 amide bonds. The highest BCUT2D eigenvalue weighted by molar-refractivity contribution is 7.81. The molecule has 7 heteroatoms. The zero-order valence-electron chi connectivity index (χ0n) is 15.2. The Balaban J connectivity index is 1.81. The van der Waals surface area contributed by atoms with Gasteiger partial charge in [-0.3, -0.25) is 9.78 Å². The number of rotatable bonds is 8. The van der Waals surface area contributed by atoms with Gasteiger partial charge in [-0.05, 0) is 43.2 Å². The number of carbonyl (C=O) groups excluding carboxylic acids is 1. The minimum absolute atomic E-state index is 0.0522. The fraction of sp³-hybridized carbons (Fsp3) is 0.526. The fourth-order valence-electron chi connectivity index (χ4n) is 2.98. The molecule has 2 heterocycles. The topological polar surface area (TPSA) is 51.0 Å². The number of thiol groups is 1. The first-order valence-electron chi connectivity index (χ1n) is 9.08. The van der Waals surface area contributed by atoms with Gasteiger partial charge in [0.25, 0.3) is 0 Å². The molecule has 5 nitrogen and oxygen atoms in total. The first-order chi connectivity index (χ1) is 12.4. The number of anilines is 1. The molecular weight excluding hydrogens is 368 g/mol. The van der Waals surface area contributed by atoms with Gasteiger partial charge in [0, 0.05) is 24.4 Å². The Labute approximate surface area is 165 Å². The molecule has 0 radical (unpaired) electrons. The van der Waals surface area contributed by atoms with Crippen molar-refractivity contribution in [3.05, 3.63) is 35.9 Å². The molecular formula is C19H25ClN4OS. The molecule has 140 valence electrons. The molecule has 0 spiro atoms. The second-order valence-corrected chi connectivity index (χ2v) is 8.48. The Kier molecular flexibility index (Phi) is 6.24. The van der Waals surface area contributed by atoms with Crippen LogP contribution in [-0.4, -0.2) is 32.5 Å². The SMILES string of the molecule is CC(C)CC(S)CC(=O)N(CC1CC1)c1cn(-c2cccnc2)nc1Cl. The summed E-state index contributed by atoms with van der Waals surface area (Å²) in [6.07, 6.45) is 8.88. The van der Waals surface area contributed by atoms with Crippen LogP contribution in [0.25, 0.3) is 5.69 Å².